The highest BCUT2D eigenvalue weighted by molar-refractivity contribution is 4.91. The fourth-order valence-electron chi connectivity index (χ4n) is 1.95. The summed E-state index contributed by atoms with van der Waals surface area (Å²) in [4.78, 5) is 0. The third kappa shape index (κ3) is 4.37. The Hall–Kier alpha value is -0.970. The Morgan fingerprint density at radius 3 is 2.50 bits per heavy atom. The van der Waals surface area contributed by atoms with E-state index in [4.69, 9.17) is 0 Å². The Balaban J connectivity index is 2.63. The smallest absolute Gasteiger partial charge is 0.168 e. The van der Waals surface area contributed by atoms with Crippen LogP contribution in [0, 0.1) is 5.92 Å². The van der Waals surface area contributed by atoms with Gasteiger partial charge in [-0.25, -0.2) is 4.68 Å². The maximum atomic E-state index is 4.16. The molecule has 1 aromatic heterocycles. The van der Waals surface area contributed by atoms with Crippen LogP contribution in [0.4, 0.5) is 0 Å². The molecule has 0 saturated carbocycles. The zero-order valence-electron chi connectivity index (χ0n) is 12.3. The van der Waals surface area contributed by atoms with Crippen LogP contribution < -0.4 is 5.32 Å². The van der Waals surface area contributed by atoms with E-state index < -0.39 is 0 Å². The molecule has 2 atom stereocenters. The molecule has 0 aliphatic carbocycles. The molecule has 0 aromatic carbocycles. The van der Waals surface area contributed by atoms with Crippen molar-refractivity contribution in [2.24, 2.45) is 5.92 Å². The third-order valence-electron chi connectivity index (χ3n) is 3.19. The van der Waals surface area contributed by atoms with Crippen LogP contribution in [0.25, 0.3) is 0 Å². The lowest BCUT2D eigenvalue weighted by Gasteiger charge is -2.18. The quantitative estimate of drug-likeness (QED) is 0.774. The number of aromatic nitrogens is 4. The zero-order valence-corrected chi connectivity index (χ0v) is 12.3. The van der Waals surface area contributed by atoms with Gasteiger partial charge in [-0.1, -0.05) is 20.8 Å². The molecule has 1 N–H and O–H groups in total. The van der Waals surface area contributed by atoms with Crippen molar-refractivity contribution in [1.29, 1.82) is 0 Å². The van der Waals surface area contributed by atoms with Gasteiger partial charge in [-0.05, 0) is 56.0 Å². The molecular formula is C13H27N5. The van der Waals surface area contributed by atoms with Crippen molar-refractivity contribution in [3.63, 3.8) is 0 Å². The third-order valence-corrected chi connectivity index (χ3v) is 3.19. The molecule has 0 saturated heterocycles. The molecule has 5 nitrogen and oxygen atoms in total. The van der Waals surface area contributed by atoms with E-state index >= 15 is 0 Å². The van der Waals surface area contributed by atoms with E-state index in [0.717, 1.165) is 31.1 Å². The number of rotatable bonds is 8. The summed E-state index contributed by atoms with van der Waals surface area (Å²) in [6.45, 7) is 12.0. The van der Waals surface area contributed by atoms with E-state index in [1.54, 1.807) is 0 Å². The summed E-state index contributed by atoms with van der Waals surface area (Å²) in [7, 11) is 0. The predicted molar refractivity (Wildman–Crippen MR) is 73.3 cm³/mol. The first-order valence-electron chi connectivity index (χ1n) is 7.07. The Kier molecular flexibility index (Phi) is 6.25. The summed E-state index contributed by atoms with van der Waals surface area (Å²) >= 11 is 0. The number of nitrogens with zero attached hydrogens (tertiary/aromatic N) is 4. The molecule has 18 heavy (non-hydrogen) atoms. The molecule has 0 bridgehead atoms. The van der Waals surface area contributed by atoms with Crippen LogP contribution in [0.3, 0.4) is 0 Å². The molecule has 0 radical (unpaired) electrons. The van der Waals surface area contributed by atoms with Gasteiger partial charge < -0.3 is 5.32 Å². The molecule has 5 heteroatoms. The second-order valence-electron chi connectivity index (χ2n) is 5.48. The fourth-order valence-corrected chi connectivity index (χ4v) is 1.95. The lowest BCUT2D eigenvalue weighted by Crippen LogP contribution is -2.24. The van der Waals surface area contributed by atoms with Gasteiger partial charge in [0.25, 0.3) is 0 Å². The average Bonchev–Trinajstić information content (AvgIpc) is 2.82. The van der Waals surface area contributed by atoms with Crippen molar-refractivity contribution in [1.82, 2.24) is 25.5 Å². The van der Waals surface area contributed by atoms with Crippen LogP contribution in [-0.4, -0.2) is 26.8 Å². The zero-order chi connectivity index (χ0) is 13.5. The lowest BCUT2D eigenvalue weighted by molar-refractivity contribution is 0.378. The van der Waals surface area contributed by atoms with E-state index in [1.165, 1.54) is 6.42 Å². The van der Waals surface area contributed by atoms with Gasteiger partial charge in [0, 0.05) is 0 Å². The first kappa shape index (κ1) is 15.1. The van der Waals surface area contributed by atoms with Gasteiger partial charge in [0.15, 0.2) is 5.82 Å². The number of nitrogens with one attached hydrogen (secondary N) is 1. The van der Waals surface area contributed by atoms with Gasteiger partial charge in [-0.2, -0.15) is 0 Å². The molecule has 1 aromatic rings. The number of hydrogen-bond acceptors (Lipinski definition) is 4. The topological polar surface area (TPSA) is 55.6 Å². The Morgan fingerprint density at radius 2 is 1.89 bits per heavy atom. The summed E-state index contributed by atoms with van der Waals surface area (Å²) in [6, 6.07) is 0.574. The van der Waals surface area contributed by atoms with Gasteiger partial charge in [-0.15, -0.1) is 5.10 Å². The van der Waals surface area contributed by atoms with Crippen LogP contribution in [-0.2, 0) is 0 Å². The van der Waals surface area contributed by atoms with Crippen molar-refractivity contribution in [3.8, 4) is 0 Å². The maximum Gasteiger partial charge on any atom is 0.168 e. The molecular weight excluding hydrogens is 226 g/mol. The van der Waals surface area contributed by atoms with Crippen molar-refractivity contribution < 1.29 is 0 Å². The van der Waals surface area contributed by atoms with E-state index in [0.29, 0.717) is 6.04 Å². The summed E-state index contributed by atoms with van der Waals surface area (Å²) in [5.41, 5.74) is 0. The largest absolute Gasteiger partial charge is 0.307 e. The van der Waals surface area contributed by atoms with E-state index in [2.05, 4.69) is 55.5 Å². The highest BCUT2D eigenvalue weighted by Gasteiger charge is 2.17. The van der Waals surface area contributed by atoms with Crippen molar-refractivity contribution in [3.05, 3.63) is 5.82 Å². The van der Waals surface area contributed by atoms with Gasteiger partial charge in [0.1, 0.15) is 0 Å². The van der Waals surface area contributed by atoms with Crippen LogP contribution >= 0.6 is 0 Å². The first-order valence-corrected chi connectivity index (χ1v) is 7.07. The number of hydrogen-bond donors (Lipinski definition) is 1. The molecule has 2 unspecified atom stereocenters. The molecule has 0 aliphatic heterocycles. The lowest BCUT2D eigenvalue weighted by atomic mass is 10.0. The molecule has 0 fully saturated rings. The van der Waals surface area contributed by atoms with Gasteiger partial charge in [0.2, 0.25) is 0 Å². The summed E-state index contributed by atoms with van der Waals surface area (Å²) in [5.74, 6) is 1.67. The van der Waals surface area contributed by atoms with Crippen LogP contribution in [0.1, 0.15) is 71.8 Å². The summed E-state index contributed by atoms with van der Waals surface area (Å²) < 4.78 is 1.97. The van der Waals surface area contributed by atoms with Crippen molar-refractivity contribution >= 4 is 0 Å². The fraction of sp³-hybridized carbons (Fsp3) is 0.923. The summed E-state index contributed by atoms with van der Waals surface area (Å²) in [5, 5.41) is 15.5. The monoisotopic (exact) mass is 253 g/mol. The molecule has 1 rings (SSSR count). The maximum absolute atomic E-state index is 4.16. The van der Waals surface area contributed by atoms with Crippen LogP contribution in [0.5, 0.6) is 0 Å². The highest BCUT2D eigenvalue weighted by Crippen LogP contribution is 2.19. The van der Waals surface area contributed by atoms with E-state index in [-0.39, 0.29) is 6.04 Å². The standard InChI is InChI=1S/C13H27N5/c1-6-9-14-12(5)13-15-16-17-18(13)11(4)8-7-10(2)3/h10-12,14H,6-9H2,1-5H3. The second-order valence-corrected chi connectivity index (χ2v) is 5.48. The van der Waals surface area contributed by atoms with Crippen LogP contribution in [0.15, 0.2) is 0 Å². The predicted octanol–water partition coefficient (Wildman–Crippen LogP) is 2.73. The number of tetrazole rings is 1. The van der Waals surface area contributed by atoms with Crippen molar-refractivity contribution in [2.75, 3.05) is 6.54 Å². The van der Waals surface area contributed by atoms with Gasteiger partial charge in [0.05, 0.1) is 12.1 Å². The Morgan fingerprint density at radius 1 is 1.17 bits per heavy atom. The van der Waals surface area contributed by atoms with Crippen LogP contribution in [0.2, 0.25) is 0 Å². The minimum absolute atomic E-state index is 0.210. The van der Waals surface area contributed by atoms with Crippen molar-refractivity contribution in [2.45, 2.75) is 66.0 Å². The Labute approximate surface area is 110 Å². The minimum atomic E-state index is 0.210. The molecule has 104 valence electrons. The van der Waals surface area contributed by atoms with E-state index in [9.17, 15) is 0 Å². The SMILES string of the molecule is CCCNC(C)c1nnnn1C(C)CCC(C)C. The van der Waals surface area contributed by atoms with E-state index in [1.807, 2.05) is 4.68 Å². The molecule has 0 aliphatic rings. The Bertz CT molecular complexity index is 334. The second kappa shape index (κ2) is 7.46. The molecule has 0 amide bonds. The molecule has 1 heterocycles. The average molecular weight is 253 g/mol. The first-order chi connectivity index (χ1) is 8.56. The van der Waals surface area contributed by atoms with Gasteiger partial charge in [-0.3, -0.25) is 0 Å². The highest BCUT2D eigenvalue weighted by atomic mass is 15.6. The summed E-state index contributed by atoms with van der Waals surface area (Å²) in [6.07, 6.45) is 3.45. The normalized spacial score (nSPS) is 15.0. The van der Waals surface area contributed by atoms with Gasteiger partial charge >= 0.3 is 0 Å². The minimum Gasteiger partial charge on any atom is -0.307 e. The molecule has 0 spiro atoms.